The van der Waals surface area contributed by atoms with Gasteiger partial charge in [-0.1, -0.05) is 0 Å². The van der Waals surface area contributed by atoms with E-state index in [9.17, 15) is 8.42 Å². The van der Waals surface area contributed by atoms with Crippen LogP contribution in [0.4, 0.5) is 5.69 Å². The van der Waals surface area contributed by atoms with Crippen LogP contribution in [0.25, 0.3) is 0 Å². The largest absolute Gasteiger partial charge is 0.399 e. The van der Waals surface area contributed by atoms with E-state index in [0.717, 1.165) is 6.42 Å². The monoisotopic (exact) mass is 311 g/mol. The van der Waals surface area contributed by atoms with E-state index < -0.39 is 10.0 Å². The quantitative estimate of drug-likeness (QED) is 0.560. The fourth-order valence-corrected chi connectivity index (χ4v) is 2.91. The van der Waals surface area contributed by atoms with Crippen LogP contribution in [0, 0.1) is 11.3 Å². The third-order valence-corrected chi connectivity index (χ3v) is 4.25. The van der Waals surface area contributed by atoms with Gasteiger partial charge in [0.15, 0.2) is 0 Å². The Bertz CT molecular complexity index is 606. The van der Waals surface area contributed by atoms with E-state index in [1.165, 1.54) is 18.2 Å². The Balaban J connectivity index is 2.57. The fourth-order valence-electron chi connectivity index (χ4n) is 1.70. The smallest absolute Gasteiger partial charge is 0.241 e. The van der Waals surface area contributed by atoms with Crippen LogP contribution >= 0.6 is 0 Å². The van der Waals surface area contributed by atoms with Crippen molar-refractivity contribution in [2.75, 3.05) is 18.9 Å². The highest BCUT2D eigenvalue weighted by Gasteiger charge is 2.18. The lowest BCUT2D eigenvalue weighted by Crippen LogP contribution is -2.26. The molecule has 0 aromatic heterocycles. The molecule has 6 nitrogen and oxygen atoms in total. The van der Waals surface area contributed by atoms with Crippen molar-refractivity contribution in [1.29, 1.82) is 5.26 Å². The first-order valence-corrected chi connectivity index (χ1v) is 8.26. The number of nitriles is 1. The lowest BCUT2D eigenvalue weighted by atomic mass is 10.2. The number of unbranched alkanes of at least 4 members (excludes halogenated alkanes) is 1. The van der Waals surface area contributed by atoms with E-state index in [1.807, 2.05) is 19.9 Å². The highest BCUT2D eigenvalue weighted by Crippen LogP contribution is 2.17. The number of sulfonamides is 1. The summed E-state index contributed by atoms with van der Waals surface area (Å²) in [5.41, 5.74) is 5.95. The molecule has 21 heavy (non-hydrogen) atoms. The van der Waals surface area contributed by atoms with Gasteiger partial charge in [0.2, 0.25) is 10.0 Å². The molecule has 0 unspecified atom stereocenters. The highest BCUT2D eigenvalue weighted by atomic mass is 32.2. The minimum atomic E-state index is -3.69. The van der Waals surface area contributed by atoms with Crippen LogP contribution < -0.4 is 10.5 Å². The molecule has 1 aromatic rings. The molecule has 116 valence electrons. The summed E-state index contributed by atoms with van der Waals surface area (Å²) in [5.74, 6) is 0. The van der Waals surface area contributed by atoms with Crippen molar-refractivity contribution in [2.45, 2.75) is 37.7 Å². The van der Waals surface area contributed by atoms with E-state index in [0.29, 0.717) is 25.3 Å². The van der Waals surface area contributed by atoms with Gasteiger partial charge in [0.1, 0.15) is 6.07 Å². The molecular formula is C14H21N3O3S. The molecule has 1 rings (SSSR count). The predicted molar refractivity (Wildman–Crippen MR) is 81.1 cm³/mol. The lowest BCUT2D eigenvalue weighted by Gasteiger charge is -2.09. The number of hydrogen-bond acceptors (Lipinski definition) is 5. The normalized spacial score (nSPS) is 11.5. The number of rotatable bonds is 8. The van der Waals surface area contributed by atoms with Crippen LogP contribution in [0.3, 0.4) is 0 Å². The standard InChI is InChI=1S/C14H21N3O3S/c1-11(2)20-8-4-3-7-17-21(18,19)14-6-5-13(16)9-12(14)10-15/h5-6,9,11,17H,3-4,7-8,16H2,1-2H3. The van der Waals surface area contributed by atoms with Gasteiger partial charge in [0.25, 0.3) is 0 Å². The first kappa shape index (κ1) is 17.4. The Labute approximate surface area is 126 Å². The maximum atomic E-state index is 12.1. The lowest BCUT2D eigenvalue weighted by molar-refractivity contribution is 0.0762. The number of benzene rings is 1. The van der Waals surface area contributed by atoms with Gasteiger partial charge in [-0.2, -0.15) is 5.26 Å². The van der Waals surface area contributed by atoms with Gasteiger partial charge >= 0.3 is 0 Å². The summed E-state index contributed by atoms with van der Waals surface area (Å²) in [4.78, 5) is -0.0439. The molecule has 0 radical (unpaired) electrons. The summed E-state index contributed by atoms with van der Waals surface area (Å²) in [6.45, 7) is 4.81. The topological polar surface area (TPSA) is 105 Å². The molecule has 1 aromatic carbocycles. The average Bonchev–Trinajstić information content (AvgIpc) is 2.41. The fraction of sp³-hybridized carbons (Fsp3) is 0.500. The maximum absolute atomic E-state index is 12.1. The van der Waals surface area contributed by atoms with Gasteiger partial charge in [-0.15, -0.1) is 0 Å². The van der Waals surface area contributed by atoms with Crippen molar-refractivity contribution in [3.05, 3.63) is 23.8 Å². The Kier molecular flexibility index (Phi) is 6.62. The molecule has 0 saturated carbocycles. The zero-order valence-electron chi connectivity index (χ0n) is 12.3. The van der Waals surface area contributed by atoms with Crippen LogP contribution in [0.1, 0.15) is 32.3 Å². The highest BCUT2D eigenvalue weighted by molar-refractivity contribution is 7.89. The molecule has 0 fully saturated rings. The molecule has 0 amide bonds. The number of anilines is 1. The zero-order chi connectivity index (χ0) is 15.9. The maximum Gasteiger partial charge on any atom is 0.241 e. The van der Waals surface area contributed by atoms with E-state index in [1.54, 1.807) is 0 Å². The third kappa shape index (κ3) is 5.71. The number of nitrogens with two attached hydrogens (primary N) is 1. The molecule has 0 saturated heterocycles. The summed E-state index contributed by atoms with van der Waals surface area (Å²) in [6.07, 6.45) is 1.62. The van der Waals surface area contributed by atoms with Gasteiger partial charge in [-0.05, 0) is 44.9 Å². The van der Waals surface area contributed by atoms with Crippen LogP contribution in [0.15, 0.2) is 23.1 Å². The van der Waals surface area contributed by atoms with Gasteiger partial charge < -0.3 is 10.5 Å². The van der Waals surface area contributed by atoms with Crippen molar-refractivity contribution in [3.63, 3.8) is 0 Å². The van der Waals surface area contributed by atoms with E-state index in [4.69, 9.17) is 15.7 Å². The number of hydrogen-bond donors (Lipinski definition) is 2. The molecule has 0 aliphatic heterocycles. The number of nitrogens with one attached hydrogen (secondary N) is 1. The van der Waals surface area contributed by atoms with Gasteiger partial charge in [0.05, 0.1) is 16.6 Å². The summed E-state index contributed by atoms with van der Waals surface area (Å²) < 4.78 is 32.1. The van der Waals surface area contributed by atoms with Gasteiger partial charge in [-0.25, -0.2) is 13.1 Å². The van der Waals surface area contributed by atoms with Crippen LogP contribution in [-0.2, 0) is 14.8 Å². The Morgan fingerprint density at radius 2 is 2.10 bits per heavy atom. The average molecular weight is 311 g/mol. The minimum absolute atomic E-state index is 0.0439. The van der Waals surface area contributed by atoms with Crippen molar-refractivity contribution >= 4 is 15.7 Å². The first-order chi connectivity index (χ1) is 9.86. The van der Waals surface area contributed by atoms with Gasteiger partial charge in [-0.3, -0.25) is 0 Å². The molecular weight excluding hydrogens is 290 g/mol. The van der Waals surface area contributed by atoms with Crippen molar-refractivity contribution in [2.24, 2.45) is 0 Å². The Morgan fingerprint density at radius 3 is 2.71 bits per heavy atom. The van der Waals surface area contributed by atoms with Crippen LogP contribution in [0.5, 0.6) is 0 Å². The number of ether oxygens (including phenoxy) is 1. The molecule has 0 spiro atoms. The zero-order valence-corrected chi connectivity index (χ0v) is 13.1. The van der Waals surface area contributed by atoms with E-state index in [-0.39, 0.29) is 16.6 Å². The van der Waals surface area contributed by atoms with Crippen LogP contribution in [-0.4, -0.2) is 27.7 Å². The summed E-state index contributed by atoms with van der Waals surface area (Å²) in [7, 11) is -3.69. The second-order valence-electron chi connectivity index (χ2n) is 4.89. The second kappa shape index (κ2) is 7.98. The minimum Gasteiger partial charge on any atom is -0.399 e. The number of nitrogens with zero attached hydrogens (tertiary/aromatic N) is 1. The Hall–Kier alpha value is -1.62. The molecule has 0 aliphatic rings. The molecule has 7 heteroatoms. The molecule has 3 N–H and O–H groups in total. The third-order valence-electron chi connectivity index (χ3n) is 2.73. The molecule has 0 bridgehead atoms. The summed E-state index contributed by atoms with van der Waals surface area (Å²) >= 11 is 0. The van der Waals surface area contributed by atoms with Crippen molar-refractivity contribution < 1.29 is 13.2 Å². The second-order valence-corrected chi connectivity index (χ2v) is 6.63. The van der Waals surface area contributed by atoms with Crippen LogP contribution in [0.2, 0.25) is 0 Å². The summed E-state index contributed by atoms with van der Waals surface area (Å²) in [6, 6.07) is 6.01. The van der Waals surface area contributed by atoms with E-state index >= 15 is 0 Å². The molecule has 0 heterocycles. The summed E-state index contributed by atoms with van der Waals surface area (Å²) in [5, 5.41) is 8.99. The predicted octanol–water partition coefficient (Wildman–Crippen LogP) is 1.62. The SMILES string of the molecule is CC(C)OCCCCNS(=O)(=O)c1ccc(N)cc1C#N. The van der Waals surface area contributed by atoms with Crippen molar-refractivity contribution in [1.82, 2.24) is 4.72 Å². The van der Waals surface area contributed by atoms with E-state index in [2.05, 4.69) is 4.72 Å². The number of nitrogen functional groups attached to an aromatic ring is 1. The molecule has 0 aliphatic carbocycles. The van der Waals surface area contributed by atoms with Gasteiger partial charge in [0, 0.05) is 18.8 Å². The Morgan fingerprint density at radius 1 is 1.38 bits per heavy atom. The first-order valence-electron chi connectivity index (χ1n) is 6.77. The molecule has 0 atom stereocenters. The van der Waals surface area contributed by atoms with Crippen molar-refractivity contribution in [3.8, 4) is 6.07 Å².